The molecule has 0 saturated carbocycles. The fourth-order valence-corrected chi connectivity index (χ4v) is 13.6. The summed E-state index contributed by atoms with van der Waals surface area (Å²) in [7, 11) is -1.56. The molecule has 0 aliphatic heterocycles. The molecule has 0 unspecified atom stereocenters. The fourth-order valence-electron chi connectivity index (χ4n) is 4.01. The number of rotatable bonds is 8. The Bertz CT molecular complexity index is 810. The number of hydrogen-bond acceptors (Lipinski definition) is 1. The third kappa shape index (κ3) is 4.75. The van der Waals surface area contributed by atoms with Gasteiger partial charge in [-0.3, -0.25) is 0 Å². The number of hydrogen-bond donors (Lipinski definition) is 0. The van der Waals surface area contributed by atoms with E-state index in [2.05, 4.69) is 133 Å². The molecule has 0 aliphatic carbocycles. The van der Waals surface area contributed by atoms with Gasteiger partial charge in [0.25, 0.3) is 0 Å². The molecule has 4 heteroatoms. The zero-order chi connectivity index (χ0) is 21.0. The van der Waals surface area contributed by atoms with Gasteiger partial charge in [0, 0.05) is 0 Å². The molecule has 0 aromatic heterocycles. The predicted octanol–water partition coefficient (Wildman–Crippen LogP) is 6.31. The minimum atomic E-state index is -2.85. The summed E-state index contributed by atoms with van der Waals surface area (Å²) in [5.41, 5.74) is 0. The average molecular weight is 487 g/mol. The van der Waals surface area contributed by atoms with Crippen molar-refractivity contribution in [3.63, 3.8) is 0 Å². The average Bonchev–Trinajstić information content (AvgIpc) is 2.74. The van der Waals surface area contributed by atoms with Gasteiger partial charge in [0.05, 0.1) is 0 Å². The van der Waals surface area contributed by atoms with Crippen LogP contribution < -0.4 is 15.9 Å². The Labute approximate surface area is 185 Å². The number of halogens is 1. The van der Waals surface area contributed by atoms with Gasteiger partial charge in [-0.25, -0.2) is 0 Å². The Hall–Kier alpha value is -1.25. The second-order valence-electron chi connectivity index (χ2n) is 8.90. The van der Waals surface area contributed by atoms with Crippen molar-refractivity contribution in [3.8, 4) is 0 Å². The molecule has 0 saturated heterocycles. The van der Waals surface area contributed by atoms with Crippen molar-refractivity contribution in [3.05, 3.63) is 91.0 Å². The van der Waals surface area contributed by atoms with Crippen molar-refractivity contribution >= 4 is 45.0 Å². The molecule has 0 N–H and O–H groups in total. The zero-order valence-electron chi connectivity index (χ0n) is 17.9. The fraction of sp³-hybridized carbons (Fsp3) is 0.280. The standard InChI is InChI=1S/C25H32BrOPSi/c1-22(20-27-29(2,3)4)21-28(26,23-14-8-5-9-15-23,24-16-10-6-11-17-24)25-18-12-7-13-19-25/h5-19,22H,20-21H2,1-4H3/t22-/m0/s1. The van der Waals surface area contributed by atoms with Crippen molar-refractivity contribution in [2.75, 3.05) is 12.8 Å². The topological polar surface area (TPSA) is 9.23 Å². The Kier molecular flexibility index (Phi) is 6.85. The van der Waals surface area contributed by atoms with Gasteiger partial charge >= 0.3 is 186 Å². The van der Waals surface area contributed by atoms with Crippen LogP contribution in [0.3, 0.4) is 0 Å². The second kappa shape index (κ2) is 8.86. The van der Waals surface area contributed by atoms with Gasteiger partial charge in [-0.2, -0.15) is 0 Å². The van der Waals surface area contributed by atoms with Crippen LogP contribution in [0.4, 0.5) is 0 Å². The molecular weight excluding hydrogens is 455 g/mol. The third-order valence-electron chi connectivity index (χ3n) is 5.34. The minimum absolute atomic E-state index is 0.416. The maximum absolute atomic E-state index is 6.33. The summed E-state index contributed by atoms with van der Waals surface area (Å²) in [6.45, 7) is 9.92. The van der Waals surface area contributed by atoms with Crippen molar-refractivity contribution in [2.24, 2.45) is 5.92 Å². The van der Waals surface area contributed by atoms with Crippen LogP contribution in [0.15, 0.2) is 91.0 Å². The molecule has 0 bridgehead atoms. The first-order valence-electron chi connectivity index (χ1n) is 10.3. The summed E-state index contributed by atoms with van der Waals surface area (Å²) in [6, 6.07) is 33.0. The molecular formula is C25H32BrOPSi. The van der Waals surface area contributed by atoms with Crippen LogP contribution in [0.1, 0.15) is 6.92 Å². The molecule has 0 spiro atoms. The molecule has 3 aromatic rings. The van der Waals surface area contributed by atoms with Gasteiger partial charge in [-0.1, -0.05) is 0 Å². The van der Waals surface area contributed by atoms with E-state index in [0.29, 0.717) is 5.92 Å². The Balaban J connectivity index is 2.22. The molecule has 3 aromatic carbocycles. The van der Waals surface area contributed by atoms with E-state index < -0.39 is 13.6 Å². The van der Waals surface area contributed by atoms with Crippen LogP contribution in [-0.2, 0) is 4.43 Å². The van der Waals surface area contributed by atoms with E-state index in [4.69, 9.17) is 4.43 Å². The van der Waals surface area contributed by atoms with E-state index in [1.807, 2.05) is 0 Å². The summed E-state index contributed by atoms with van der Waals surface area (Å²) < 4.78 is 6.33. The first-order valence-corrected chi connectivity index (χ1v) is 18.1. The molecule has 0 radical (unpaired) electrons. The quantitative estimate of drug-likeness (QED) is 0.267. The molecule has 0 amide bonds. The van der Waals surface area contributed by atoms with Gasteiger partial charge in [-0.05, 0) is 0 Å². The van der Waals surface area contributed by atoms with Gasteiger partial charge in [0.15, 0.2) is 0 Å². The Morgan fingerprint density at radius 2 is 1.07 bits per heavy atom. The van der Waals surface area contributed by atoms with Crippen molar-refractivity contribution in [1.29, 1.82) is 0 Å². The van der Waals surface area contributed by atoms with Crippen LogP contribution in [-0.4, -0.2) is 21.1 Å². The van der Waals surface area contributed by atoms with Crippen LogP contribution in [0.25, 0.3) is 0 Å². The van der Waals surface area contributed by atoms with E-state index in [1.54, 1.807) is 0 Å². The molecule has 0 aliphatic rings. The van der Waals surface area contributed by atoms with Crippen LogP contribution in [0.5, 0.6) is 0 Å². The first-order chi connectivity index (χ1) is 13.7. The van der Waals surface area contributed by atoms with Crippen LogP contribution in [0, 0.1) is 5.92 Å². The predicted molar refractivity (Wildman–Crippen MR) is 137 cm³/mol. The first kappa shape index (κ1) is 22.4. The molecule has 0 heterocycles. The zero-order valence-corrected chi connectivity index (χ0v) is 21.4. The second-order valence-corrected chi connectivity index (χ2v) is 22.4. The SMILES string of the molecule is C[C@@H](CO[Si](C)(C)C)CP(Br)(c1ccccc1)(c1ccccc1)c1ccccc1. The normalized spacial score (nSPS) is 14.7. The Morgan fingerprint density at radius 3 is 1.38 bits per heavy atom. The third-order valence-corrected chi connectivity index (χ3v) is 16.4. The van der Waals surface area contributed by atoms with Gasteiger partial charge in [0.2, 0.25) is 0 Å². The van der Waals surface area contributed by atoms with Gasteiger partial charge in [0.1, 0.15) is 0 Å². The van der Waals surface area contributed by atoms with Crippen molar-refractivity contribution in [1.82, 2.24) is 0 Å². The summed E-state index contributed by atoms with van der Waals surface area (Å²) in [4.78, 5) is 0. The molecule has 1 nitrogen and oxygen atoms in total. The van der Waals surface area contributed by atoms with Crippen LogP contribution >= 0.6 is 20.8 Å². The van der Waals surface area contributed by atoms with E-state index in [9.17, 15) is 0 Å². The maximum atomic E-state index is 6.33. The summed E-state index contributed by atoms with van der Waals surface area (Å²) in [5, 5.41) is 1.26. The molecule has 29 heavy (non-hydrogen) atoms. The summed E-state index contributed by atoms with van der Waals surface area (Å²) >= 11 is 4.52. The van der Waals surface area contributed by atoms with E-state index in [1.165, 1.54) is 15.9 Å². The van der Waals surface area contributed by atoms with Crippen molar-refractivity contribution < 1.29 is 4.43 Å². The monoisotopic (exact) mass is 486 g/mol. The molecule has 1 atom stereocenters. The Morgan fingerprint density at radius 1 is 0.724 bits per heavy atom. The van der Waals surface area contributed by atoms with E-state index in [-0.39, 0.29) is 0 Å². The molecule has 0 fully saturated rings. The molecule has 3 rings (SSSR count). The van der Waals surface area contributed by atoms with Crippen molar-refractivity contribution in [2.45, 2.75) is 26.6 Å². The van der Waals surface area contributed by atoms with E-state index in [0.717, 1.165) is 12.8 Å². The van der Waals surface area contributed by atoms with Gasteiger partial charge < -0.3 is 0 Å². The van der Waals surface area contributed by atoms with E-state index >= 15 is 0 Å². The van der Waals surface area contributed by atoms with Crippen LogP contribution in [0.2, 0.25) is 19.6 Å². The van der Waals surface area contributed by atoms with Gasteiger partial charge in [-0.15, -0.1) is 0 Å². The summed E-state index contributed by atoms with van der Waals surface area (Å²) in [6.07, 6.45) is 1.02. The number of benzene rings is 3. The molecule has 154 valence electrons. The summed E-state index contributed by atoms with van der Waals surface area (Å²) in [5.74, 6) is 0.416.